The molecule has 0 radical (unpaired) electrons. The van der Waals surface area contributed by atoms with E-state index in [9.17, 15) is 9.18 Å². The first-order valence-corrected chi connectivity index (χ1v) is 11.8. The number of aryl methyl sites for hydroxylation is 1. The molecule has 1 aromatic heterocycles. The molecule has 1 amide bonds. The van der Waals surface area contributed by atoms with Crippen LogP contribution in [0.15, 0.2) is 83.1 Å². The fraction of sp³-hybridized carbons (Fsp3) is 0.120. The van der Waals surface area contributed by atoms with Gasteiger partial charge in [0.1, 0.15) is 5.82 Å². The fourth-order valence-electron chi connectivity index (χ4n) is 3.14. The van der Waals surface area contributed by atoms with Crippen molar-refractivity contribution < 1.29 is 9.18 Å². The number of nitrogens with one attached hydrogen (secondary N) is 1. The van der Waals surface area contributed by atoms with Gasteiger partial charge in [-0.1, -0.05) is 53.2 Å². The van der Waals surface area contributed by atoms with E-state index in [4.69, 9.17) is 11.6 Å². The van der Waals surface area contributed by atoms with Crippen molar-refractivity contribution in [2.75, 3.05) is 5.75 Å². The van der Waals surface area contributed by atoms with Gasteiger partial charge in [-0.2, -0.15) is 5.10 Å². The Balaban J connectivity index is 1.52. The number of hydrogen-bond acceptors (Lipinski definition) is 5. The van der Waals surface area contributed by atoms with Gasteiger partial charge in [0.05, 0.1) is 11.5 Å². The number of hydrogen-bond donors (Lipinski definition) is 1. The van der Waals surface area contributed by atoms with Crippen molar-refractivity contribution in [3.63, 3.8) is 0 Å². The molecule has 3 aromatic carbocycles. The first-order chi connectivity index (χ1) is 16.4. The lowest BCUT2D eigenvalue weighted by Gasteiger charge is -2.11. The Bertz CT molecular complexity index is 1320. The van der Waals surface area contributed by atoms with Crippen molar-refractivity contribution in [2.45, 2.75) is 19.0 Å². The Labute approximate surface area is 205 Å². The summed E-state index contributed by atoms with van der Waals surface area (Å²) in [6.07, 6.45) is 0. The average Bonchev–Trinajstić information content (AvgIpc) is 3.26. The lowest BCUT2D eigenvalue weighted by molar-refractivity contribution is -0.118. The topological polar surface area (TPSA) is 72.2 Å². The Kier molecular flexibility index (Phi) is 7.40. The van der Waals surface area contributed by atoms with Crippen molar-refractivity contribution in [1.29, 1.82) is 0 Å². The van der Waals surface area contributed by atoms with E-state index in [1.54, 1.807) is 31.2 Å². The highest BCUT2D eigenvalue weighted by Crippen LogP contribution is 2.28. The number of carbonyl (C=O) groups excluding carboxylic acids is 1. The molecule has 0 aliphatic rings. The number of aromatic nitrogens is 3. The SMILES string of the molecule is C/C(=N\NC(=O)CSc1nnc(-c2ccc(Cl)cc2)n1-c1ccc(C)cc1)c1ccc(F)cc1. The zero-order valence-corrected chi connectivity index (χ0v) is 20.1. The molecule has 0 unspecified atom stereocenters. The van der Waals surface area contributed by atoms with Gasteiger partial charge in [-0.25, -0.2) is 9.82 Å². The minimum atomic E-state index is -0.326. The monoisotopic (exact) mass is 493 g/mol. The van der Waals surface area contributed by atoms with E-state index in [0.717, 1.165) is 22.4 Å². The van der Waals surface area contributed by atoms with Gasteiger partial charge in [0.25, 0.3) is 5.91 Å². The second-order valence-electron chi connectivity index (χ2n) is 7.51. The van der Waals surface area contributed by atoms with Gasteiger partial charge < -0.3 is 0 Å². The maximum atomic E-state index is 13.1. The Morgan fingerprint density at radius 1 is 1.03 bits per heavy atom. The number of nitrogens with zero attached hydrogens (tertiary/aromatic N) is 4. The van der Waals surface area contributed by atoms with E-state index >= 15 is 0 Å². The largest absolute Gasteiger partial charge is 0.272 e. The third-order valence-corrected chi connectivity index (χ3v) is 6.15. The van der Waals surface area contributed by atoms with Crippen LogP contribution in [0.2, 0.25) is 5.02 Å². The first-order valence-electron chi connectivity index (χ1n) is 10.4. The molecule has 172 valence electrons. The van der Waals surface area contributed by atoms with Crippen LogP contribution in [0.1, 0.15) is 18.1 Å². The third-order valence-electron chi connectivity index (χ3n) is 4.97. The smallest absolute Gasteiger partial charge is 0.250 e. The van der Waals surface area contributed by atoms with Crippen LogP contribution in [-0.4, -0.2) is 32.1 Å². The van der Waals surface area contributed by atoms with E-state index < -0.39 is 0 Å². The minimum Gasteiger partial charge on any atom is -0.272 e. The van der Waals surface area contributed by atoms with Crippen molar-refractivity contribution in [3.8, 4) is 17.1 Å². The third kappa shape index (κ3) is 5.70. The number of carbonyl (C=O) groups is 1. The summed E-state index contributed by atoms with van der Waals surface area (Å²) in [6, 6.07) is 21.3. The summed E-state index contributed by atoms with van der Waals surface area (Å²) >= 11 is 7.30. The summed E-state index contributed by atoms with van der Waals surface area (Å²) in [5, 5.41) is 14.0. The first kappa shape index (κ1) is 23.7. The zero-order chi connectivity index (χ0) is 24.1. The lowest BCUT2D eigenvalue weighted by atomic mass is 10.1. The summed E-state index contributed by atoms with van der Waals surface area (Å²) in [4.78, 5) is 12.4. The summed E-state index contributed by atoms with van der Waals surface area (Å²) < 4.78 is 15.0. The highest BCUT2D eigenvalue weighted by Gasteiger charge is 2.17. The van der Waals surface area contributed by atoms with Crippen LogP contribution in [-0.2, 0) is 4.79 Å². The lowest BCUT2D eigenvalue weighted by Crippen LogP contribution is -2.21. The molecule has 34 heavy (non-hydrogen) atoms. The molecule has 1 N–H and O–H groups in total. The van der Waals surface area contributed by atoms with Crippen LogP contribution in [0.25, 0.3) is 17.1 Å². The molecule has 0 fully saturated rings. The normalized spacial score (nSPS) is 11.5. The van der Waals surface area contributed by atoms with Crippen LogP contribution in [0.3, 0.4) is 0 Å². The molecule has 6 nitrogen and oxygen atoms in total. The molecular formula is C25H21ClFN5OS. The molecule has 1 heterocycles. The Hall–Kier alpha value is -3.49. The predicted molar refractivity (Wildman–Crippen MR) is 134 cm³/mol. The van der Waals surface area contributed by atoms with E-state index in [0.29, 0.717) is 21.7 Å². The van der Waals surface area contributed by atoms with E-state index in [-0.39, 0.29) is 17.5 Å². The van der Waals surface area contributed by atoms with Gasteiger partial charge >= 0.3 is 0 Å². The predicted octanol–water partition coefficient (Wildman–Crippen LogP) is 5.67. The highest BCUT2D eigenvalue weighted by atomic mass is 35.5. The van der Waals surface area contributed by atoms with E-state index in [1.165, 1.54) is 23.9 Å². The summed E-state index contributed by atoms with van der Waals surface area (Å²) in [5.41, 5.74) is 6.71. The van der Waals surface area contributed by atoms with Gasteiger partial charge in [-0.15, -0.1) is 10.2 Å². The molecule has 0 spiro atoms. The highest BCUT2D eigenvalue weighted by molar-refractivity contribution is 7.99. The molecule has 0 saturated carbocycles. The van der Waals surface area contributed by atoms with Gasteiger partial charge in [-0.3, -0.25) is 9.36 Å². The summed E-state index contributed by atoms with van der Waals surface area (Å²) in [5.74, 6) is 0.115. The van der Waals surface area contributed by atoms with Crippen molar-refractivity contribution in [2.24, 2.45) is 5.10 Å². The average molecular weight is 494 g/mol. The number of halogens is 2. The van der Waals surface area contributed by atoms with Gasteiger partial charge in [0.2, 0.25) is 0 Å². The molecule has 9 heteroatoms. The van der Waals surface area contributed by atoms with Crippen molar-refractivity contribution >= 4 is 35.0 Å². The fourth-order valence-corrected chi connectivity index (χ4v) is 4.01. The molecule has 0 saturated heterocycles. The quantitative estimate of drug-likeness (QED) is 0.204. The molecule has 4 rings (SSSR count). The number of thioether (sulfide) groups is 1. The van der Waals surface area contributed by atoms with E-state index in [2.05, 4.69) is 20.7 Å². The van der Waals surface area contributed by atoms with Gasteiger partial charge in [-0.05, 0) is 67.9 Å². The second kappa shape index (κ2) is 10.6. The van der Waals surface area contributed by atoms with Crippen LogP contribution in [0.4, 0.5) is 4.39 Å². The number of amides is 1. The molecule has 0 bridgehead atoms. The number of benzene rings is 3. The molecular weight excluding hydrogens is 473 g/mol. The molecule has 0 atom stereocenters. The molecule has 0 aliphatic heterocycles. The van der Waals surface area contributed by atoms with Gasteiger partial charge in [0, 0.05) is 16.3 Å². The minimum absolute atomic E-state index is 0.0881. The van der Waals surface area contributed by atoms with Crippen molar-refractivity contribution in [1.82, 2.24) is 20.2 Å². The van der Waals surface area contributed by atoms with Gasteiger partial charge in [0.15, 0.2) is 11.0 Å². The maximum Gasteiger partial charge on any atom is 0.250 e. The number of hydrazone groups is 1. The standard InChI is InChI=1S/C25H21ClFN5OS/c1-16-3-13-22(14-4-16)32-24(19-5-9-20(26)10-6-19)30-31-25(32)34-15-23(33)29-28-17(2)18-7-11-21(27)12-8-18/h3-14H,15H2,1-2H3,(H,29,33)/b28-17+. The summed E-state index contributed by atoms with van der Waals surface area (Å²) in [6.45, 7) is 3.76. The summed E-state index contributed by atoms with van der Waals surface area (Å²) in [7, 11) is 0. The van der Waals surface area contributed by atoms with Crippen LogP contribution in [0.5, 0.6) is 0 Å². The van der Waals surface area contributed by atoms with Crippen LogP contribution >= 0.6 is 23.4 Å². The zero-order valence-electron chi connectivity index (χ0n) is 18.5. The van der Waals surface area contributed by atoms with Crippen molar-refractivity contribution in [3.05, 3.63) is 94.8 Å². The van der Waals surface area contributed by atoms with Crippen LogP contribution in [0, 0.1) is 12.7 Å². The maximum absolute atomic E-state index is 13.1. The molecule has 4 aromatic rings. The second-order valence-corrected chi connectivity index (χ2v) is 8.89. The number of rotatable bonds is 7. The molecule has 0 aliphatic carbocycles. The Morgan fingerprint density at radius 3 is 2.38 bits per heavy atom. The van der Waals surface area contributed by atoms with E-state index in [1.807, 2.05) is 47.9 Å². The van der Waals surface area contributed by atoms with Crippen LogP contribution < -0.4 is 5.43 Å². The Morgan fingerprint density at radius 2 is 1.71 bits per heavy atom.